The number of hydrogen-bond donors (Lipinski definition) is 1. The highest BCUT2D eigenvalue weighted by molar-refractivity contribution is 6.04. The summed E-state index contributed by atoms with van der Waals surface area (Å²) in [5, 5.41) is 3.34. The molecule has 4 rings (SSSR count). The molecule has 0 bridgehead atoms. The number of carbonyl (C=O) groups excluding carboxylic acids is 5. The van der Waals surface area contributed by atoms with E-state index in [1.54, 1.807) is 32.9 Å². The summed E-state index contributed by atoms with van der Waals surface area (Å²) in [5.74, 6) is -1.10. The molecule has 12 heteroatoms. The fourth-order valence-electron chi connectivity index (χ4n) is 4.37. The lowest BCUT2D eigenvalue weighted by Crippen LogP contribution is -2.55. The number of piperidine rings is 1. The second-order valence-corrected chi connectivity index (χ2v) is 10.0. The van der Waals surface area contributed by atoms with Crippen molar-refractivity contribution in [1.82, 2.24) is 19.8 Å². The minimum atomic E-state index is -0.945. The minimum absolute atomic E-state index is 0.0462. The minimum Gasteiger partial charge on any atom is -0.444 e. The van der Waals surface area contributed by atoms with Crippen molar-refractivity contribution < 1.29 is 33.5 Å². The summed E-state index contributed by atoms with van der Waals surface area (Å²) >= 11 is 0. The lowest BCUT2D eigenvalue weighted by atomic mass is 9.96. The Morgan fingerprint density at radius 3 is 2.22 bits per heavy atom. The molecule has 3 aliphatic rings. The van der Waals surface area contributed by atoms with Crippen LogP contribution in [0.3, 0.4) is 0 Å². The van der Waals surface area contributed by atoms with Gasteiger partial charge < -0.3 is 29.6 Å². The van der Waals surface area contributed by atoms with Gasteiger partial charge in [0.2, 0.25) is 5.91 Å². The Morgan fingerprint density at radius 1 is 0.917 bits per heavy atom. The molecule has 0 aliphatic carbocycles. The molecule has 194 valence electrons. The first kappa shape index (κ1) is 25.3. The van der Waals surface area contributed by atoms with Crippen molar-refractivity contribution in [3.05, 3.63) is 30.3 Å². The van der Waals surface area contributed by atoms with Gasteiger partial charge in [0.1, 0.15) is 11.6 Å². The van der Waals surface area contributed by atoms with Crippen LogP contribution in [0.2, 0.25) is 0 Å². The number of ether oxygens (including phenoxy) is 1. The molecule has 3 saturated heterocycles. The number of likely N-dealkylation sites (tertiary alicyclic amines) is 1. The molecule has 1 unspecified atom stereocenters. The average Bonchev–Trinajstić information content (AvgIpc) is 3.08. The zero-order valence-corrected chi connectivity index (χ0v) is 20.6. The summed E-state index contributed by atoms with van der Waals surface area (Å²) in [5.41, 5.74) is 0.0122. The Balaban J connectivity index is 1.29. The average molecular weight is 502 g/mol. The maximum absolute atomic E-state index is 12.9. The Hall–Kier alpha value is -3.83. The van der Waals surface area contributed by atoms with Crippen LogP contribution in [0.25, 0.3) is 0 Å². The van der Waals surface area contributed by atoms with E-state index in [9.17, 15) is 24.0 Å². The zero-order chi connectivity index (χ0) is 26.0. The Bertz CT molecular complexity index is 1030. The second kappa shape index (κ2) is 10.0. The number of nitrogens with one attached hydrogen (secondary N) is 1. The summed E-state index contributed by atoms with van der Waals surface area (Å²) in [4.78, 5) is 72.4. The maximum Gasteiger partial charge on any atom is 0.434 e. The monoisotopic (exact) mass is 501 g/mol. The molecule has 1 N–H and O–H groups in total. The molecule has 12 nitrogen and oxygen atoms in total. The molecule has 36 heavy (non-hydrogen) atoms. The summed E-state index contributed by atoms with van der Waals surface area (Å²) in [6.07, 6.45) is -0.552. The number of rotatable bonds is 3. The van der Waals surface area contributed by atoms with Gasteiger partial charge in [-0.25, -0.2) is 14.4 Å². The third kappa shape index (κ3) is 5.52. The van der Waals surface area contributed by atoms with Crippen molar-refractivity contribution >= 4 is 35.7 Å². The van der Waals surface area contributed by atoms with Gasteiger partial charge in [-0.2, -0.15) is 0 Å². The number of amides is 6. The van der Waals surface area contributed by atoms with E-state index in [1.807, 2.05) is 18.2 Å². The van der Waals surface area contributed by atoms with E-state index < -0.39 is 35.8 Å². The van der Waals surface area contributed by atoms with Gasteiger partial charge in [-0.3, -0.25) is 9.59 Å². The van der Waals surface area contributed by atoms with E-state index in [2.05, 4.69) is 5.32 Å². The van der Waals surface area contributed by atoms with Gasteiger partial charge in [-0.15, -0.1) is 0 Å². The molecule has 6 amide bonds. The van der Waals surface area contributed by atoms with Crippen LogP contribution in [0.15, 0.2) is 30.3 Å². The summed E-state index contributed by atoms with van der Waals surface area (Å²) in [6, 6.07) is 7.44. The maximum atomic E-state index is 12.9. The van der Waals surface area contributed by atoms with Gasteiger partial charge in [-0.1, -0.05) is 23.3 Å². The first-order valence-electron chi connectivity index (χ1n) is 12.0. The summed E-state index contributed by atoms with van der Waals surface area (Å²) in [6.45, 7) is 5.99. The predicted molar refractivity (Wildman–Crippen MR) is 126 cm³/mol. The van der Waals surface area contributed by atoms with Gasteiger partial charge in [0.05, 0.1) is 6.54 Å². The van der Waals surface area contributed by atoms with Crippen molar-refractivity contribution in [3.63, 3.8) is 0 Å². The van der Waals surface area contributed by atoms with Crippen LogP contribution < -0.4 is 5.32 Å². The summed E-state index contributed by atoms with van der Waals surface area (Å²) in [7, 11) is 0. The molecule has 0 saturated carbocycles. The van der Waals surface area contributed by atoms with E-state index in [0.717, 1.165) is 0 Å². The van der Waals surface area contributed by atoms with Crippen LogP contribution in [0.4, 0.5) is 20.1 Å². The molecule has 1 aromatic rings. The highest BCUT2D eigenvalue weighted by Gasteiger charge is 2.51. The smallest absolute Gasteiger partial charge is 0.434 e. The normalized spacial score (nSPS) is 20.8. The third-order valence-electron chi connectivity index (χ3n) is 6.27. The number of carbonyl (C=O) groups is 5. The zero-order valence-electron chi connectivity index (χ0n) is 20.6. The Labute approximate surface area is 209 Å². The quantitative estimate of drug-likeness (QED) is 0.629. The SMILES string of the molecule is CC(C)(C)OC(=O)N1CCN2C(=O)N(OC(=O)N3CCC(C(=O)Nc4ccccc4)CC3)C(=O)C2C1. The van der Waals surface area contributed by atoms with Gasteiger partial charge in [0.25, 0.3) is 5.91 Å². The lowest BCUT2D eigenvalue weighted by Gasteiger charge is -2.35. The lowest BCUT2D eigenvalue weighted by molar-refractivity contribution is -0.152. The fourth-order valence-corrected chi connectivity index (χ4v) is 4.37. The molecule has 1 atom stereocenters. The van der Waals surface area contributed by atoms with E-state index in [0.29, 0.717) is 23.6 Å². The van der Waals surface area contributed by atoms with Crippen LogP contribution in [-0.2, 0) is 19.2 Å². The number of urea groups is 1. The second-order valence-electron chi connectivity index (χ2n) is 10.0. The molecule has 1 aromatic carbocycles. The van der Waals surface area contributed by atoms with Gasteiger partial charge in [0.15, 0.2) is 0 Å². The first-order valence-corrected chi connectivity index (χ1v) is 12.0. The standard InChI is InChI=1S/C24H31N5O7/c1-24(2,3)35-22(33)27-13-14-28-18(15-27)20(31)29(21(28)32)36-23(34)26-11-9-16(10-12-26)19(30)25-17-7-5-4-6-8-17/h4-8,16,18H,9-15H2,1-3H3,(H,25,30). The highest BCUT2D eigenvalue weighted by atomic mass is 16.7. The van der Waals surface area contributed by atoms with Gasteiger partial charge >= 0.3 is 18.2 Å². The number of anilines is 1. The number of fused-ring (bicyclic) bond motifs is 1. The van der Waals surface area contributed by atoms with Crippen LogP contribution in [0.1, 0.15) is 33.6 Å². The fraction of sp³-hybridized carbons (Fsp3) is 0.542. The van der Waals surface area contributed by atoms with Crippen molar-refractivity contribution in [3.8, 4) is 0 Å². The predicted octanol–water partition coefficient (Wildman–Crippen LogP) is 2.27. The van der Waals surface area contributed by atoms with Crippen LogP contribution in [0.5, 0.6) is 0 Å². The number of para-hydroxylation sites is 1. The van der Waals surface area contributed by atoms with E-state index in [-0.39, 0.29) is 44.5 Å². The summed E-state index contributed by atoms with van der Waals surface area (Å²) < 4.78 is 5.36. The Morgan fingerprint density at radius 2 is 1.58 bits per heavy atom. The largest absolute Gasteiger partial charge is 0.444 e. The molecular weight excluding hydrogens is 470 g/mol. The Kier molecular flexibility index (Phi) is 7.04. The molecular formula is C24H31N5O7. The van der Waals surface area contributed by atoms with Crippen molar-refractivity contribution in [2.45, 2.75) is 45.3 Å². The van der Waals surface area contributed by atoms with Gasteiger partial charge in [-0.05, 0) is 45.7 Å². The number of piperazine rings is 1. The topological polar surface area (TPSA) is 129 Å². The molecule has 0 aromatic heterocycles. The van der Waals surface area contributed by atoms with E-state index in [4.69, 9.17) is 9.57 Å². The molecule has 3 aliphatic heterocycles. The van der Waals surface area contributed by atoms with Crippen molar-refractivity contribution in [1.29, 1.82) is 0 Å². The first-order chi connectivity index (χ1) is 17.0. The third-order valence-corrected chi connectivity index (χ3v) is 6.27. The van der Waals surface area contributed by atoms with Crippen molar-refractivity contribution in [2.24, 2.45) is 5.92 Å². The molecule has 3 heterocycles. The number of hydroxylamine groups is 2. The highest BCUT2D eigenvalue weighted by Crippen LogP contribution is 2.25. The van der Waals surface area contributed by atoms with Crippen LogP contribution in [-0.4, -0.2) is 94.2 Å². The number of hydrogen-bond acceptors (Lipinski definition) is 7. The van der Waals surface area contributed by atoms with E-state index >= 15 is 0 Å². The number of imide groups is 1. The van der Waals surface area contributed by atoms with Gasteiger partial charge in [0, 0.05) is 37.8 Å². The molecule has 0 radical (unpaired) electrons. The molecule has 3 fully saturated rings. The van der Waals surface area contributed by atoms with E-state index in [1.165, 1.54) is 14.7 Å². The van der Waals surface area contributed by atoms with Crippen LogP contribution >= 0.6 is 0 Å². The molecule has 0 spiro atoms. The van der Waals surface area contributed by atoms with Crippen LogP contribution in [0, 0.1) is 5.92 Å². The number of nitrogens with zero attached hydrogens (tertiary/aromatic N) is 4. The van der Waals surface area contributed by atoms with Crippen molar-refractivity contribution in [2.75, 3.05) is 38.0 Å². The number of benzene rings is 1.